The van der Waals surface area contributed by atoms with Crippen molar-refractivity contribution in [3.8, 4) is 0 Å². The number of H-pyrrole nitrogens is 1. The monoisotopic (exact) mass is 1510 g/mol. The number of primary amides is 1. The molecule has 11 N–H and O–H groups in total. The molecule has 0 aliphatic carbocycles. The molecule has 0 bridgehead atoms. The number of likely N-dealkylation sites (N-methyl/N-ethyl adjacent to an activating group) is 6. The minimum absolute atomic E-state index is 0.0698. The van der Waals surface area contributed by atoms with Crippen LogP contribution in [0.1, 0.15) is 159 Å². The van der Waals surface area contributed by atoms with Crippen LogP contribution in [0.4, 0.5) is 0 Å². The van der Waals surface area contributed by atoms with E-state index in [2.05, 4.69) is 72.4 Å². The highest BCUT2D eigenvalue weighted by atomic mass is 32.1. The molecule has 0 spiro atoms. The minimum Gasteiger partial charge on any atom is -0.390 e. The first-order chi connectivity index (χ1) is 48.8. The van der Waals surface area contributed by atoms with Crippen molar-refractivity contribution >= 4 is 119 Å². The van der Waals surface area contributed by atoms with E-state index in [4.69, 9.17) is 5.73 Å². The molecule has 31 nitrogen and oxygen atoms in total. The van der Waals surface area contributed by atoms with Gasteiger partial charge in [0.15, 0.2) is 0 Å². The van der Waals surface area contributed by atoms with Crippen LogP contribution in [0.2, 0.25) is 0 Å². The Kier molecular flexibility index (Phi) is 35.7. The van der Waals surface area contributed by atoms with E-state index in [1.54, 1.807) is 41.5 Å². The third kappa shape index (κ3) is 25.3. The zero-order chi connectivity index (χ0) is 80.3. The highest BCUT2D eigenvalue weighted by Gasteiger charge is 2.44. The van der Waals surface area contributed by atoms with E-state index in [0.717, 1.165) is 9.80 Å². The van der Waals surface area contributed by atoms with Crippen LogP contribution in [0.25, 0.3) is 11.0 Å². The molecule has 14 atom stereocenters. The maximum atomic E-state index is 15.3. The van der Waals surface area contributed by atoms with Gasteiger partial charge >= 0.3 is 0 Å². The maximum Gasteiger partial charge on any atom is 0.252 e. The van der Waals surface area contributed by atoms with Gasteiger partial charge in [0.1, 0.15) is 78.3 Å². The Labute approximate surface area is 629 Å². The van der Waals surface area contributed by atoms with Crippen LogP contribution in [0.3, 0.4) is 0 Å². The highest BCUT2D eigenvalue weighted by Crippen LogP contribution is 2.25. The van der Waals surface area contributed by atoms with E-state index >= 15 is 19.2 Å². The fourth-order valence-electron chi connectivity index (χ4n) is 12.5. The largest absolute Gasteiger partial charge is 0.390 e. The van der Waals surface area contributed by atoms with Gasteiger partial charge in [-0.15, -0.1) is 0 Å². The first-order valence-electron chi connectivity index (χ1n) is 36.1. The van der Waals surface area contributed by atoms with Gasteiger partial charge < -0.3 is 82.4 Å². The van der Waals surface area contributed by atoms with E-state index in [-0.39, 0.29) is 85.1 Å². The summed E-state index contributed by atoms with van der Waals surface area (Å²) in [5, 5.41) is 31.2. The van der Waals surface area contributed by atoms with Crippen LogP contribution in [0, 0.1) is 41.4 Å². The third-order valence-corrected chi connectivity index (χ3v) is 19.6. The predicted octanol–water partition coefficient (Wildman–Crippen LogP) is 1.01. The molecule has 1 aliphatic heterocycles. The van der Waals surface area contributed by atoms with Gasteiger partial charge in [-0.25, -0.2) is 4.98 Å². The Morgan fingerprint density at radius 3 is 1.52 bits per heavy atom. The van der Waals surface area contributed by atoms with E-state index in [1.165, 1.54) is 93.9 Å². The van der Waals surface area contributed by atoms with Crippen LogP contribution in [-0.4, -0.2) is 266 Å². The second-order valence-electron chi connectivity index (χ2n) is 30.4. The number of nitrogens with two attached hydrogens (primary N) is 1. The molecular formula is C72H120N16O15S2. The van der Waals surface area contributed by atoms with E-state index in [9.17, 15) is 53.1 Å². The highest BCUT2D eigenvalue weighted by molar-refractivity contribution is 7.80. The number of nitrogens with one attached hydrogen (secondary N) is 8. The second-order valence-corrected chi connectivity index (χ2v) is 31.1. The number of thiol groups is 2. The minimum atomic E-state index is -1.89. The number of hydrogen-bond acceptors (Lipinski definition) is 18. The molecule has 0 radical (unpaired) electrons. The number of benzene rings is 1. The van der Waals surface area contributed by atoms with Gasteiger partial charge in [-0.1, -0.05) is 96.9 Å². The average molecular weight is 1510 g/mol. The number of aliphatic hydroxyl groups excluding tert-OH is 1. The Bertz CT molecular complexity index is 3400. The lowest BCUT2D eigenvalue weighted by molar-refractivity contribution is -0.154. The van der Waals surface area contributed by atoms with Crippen LogP contribution >= 0.6 is 25.3 Å². The quantitative estimate of drug-likeness (QED) is 0.0732. The van der Waals surface area contributed by atoms with Crippen molar-refractivity contribution < 1.29 is 72.2 Å². The van der Waals surface area contributed by atoms with Gasteiger partial charge in [0.05, 0.1) is 23.7 Å². The number of carbonyl (C=O) groups excluding carboxylic acids is 14. The molecule has 1 aromatic heterocycles. The Balaban J connectivity index is 2.29. The maximum absolute atomic E-state index is 15.3. The molecule has 14 amide bonds. The number of rotatable bonds is 22. The SMILES string of the molecule is CC[C@@H]1NC(=O)[C@H]([C@H](O)[C@H](C)Cc2nc3ccc(C(=O)N[C@@H](CS)C(=O)N[C@@H](CS)C(N)=O)cc3[nH]2)NC(=O)[C@H](C(C)C)N(C)C(=O)[C@H](CC(C)C)N(C)C(=O)[C@H](CC(C)C)N(C)C(=O)[C@@H](C)NC(=O)[C@H](C)NC(=O)[C@H](CC(C)C)N(C)C(=O)[C@H](C(C)C)NC(=O)[C@H](CC(C)C)N(C)C(=O)CN(C)C1=O. The van der Waals surface area contributed by atoms with Gasteiger partial charge in [0.25, 0.3) is 5.91 Å². The van der Waals surface area contributed by atoms with Crippen LogP contribution < -0.4 is 43.0 Å². The molecule has 1 fully saturated rings. The predicted molar refractivity (Wildman–Crippen MR) is 404 cm³/mol. The standard InChI is InChI=1S/C72H120N16O15S2/c1-23-45-69(100)83(17)32-55(89)84(18)50(26-35(2)3)65(96)81-56(39(10)11)72(103)85(19)51(27-36(4)5)64(95)74-42(15)61(92)75-43(16)68(99)86(20)52(28-37(6)7)70(101)87(21)53(29-38(8)9)71(102)88(22)58(40(12)13)67(98)82-57(66(97)78-45)59(90)41(14)30-54-76-46-25-24-44(31-47(46)77-54)62(93)80-49(34-105)63(94)79-48(33-104)60(73)91/h24-25,31,35-43,45,48-53,56-59,90,104-105H,23,26-30,32-34H2,1-22H3,(H2,73,91)(H,74,95)(H,75,92)(H,76,77)(H,78,97)(H,79,94)(H,80,93)(H,81,96)(H,82,98)/t41-,42+,43-,45+,48+,49+,50+,51+,52+,53+,56+,57+,58+,59-/m1/s1. The van der Waals surface area contributed by atoms with Crippen molar-refractivity contribution in [1.82, 2.24) is 76.6 Å². The molecule has 590 valence electrons. The fourth-order valence-corrected chi connectivity index (χ4v) is 13.0. The molecule has 0 unspecified atom stereocenters. The normalized spacial score (nSPS) is 24.4. The lowest BCUT2D eigenvalue weighted by Crippen LogP contribution is -2.63. The number of aromatic amines is 1. The number of aliphatic hydroxyl groups is 1. The number of aromatic nitrogens is 2. The summed E-state index contributed by atoms with van der Waals surface area (Å²) < 4.78 is 0. The van der Waals surface area contributed by atoms with Gasteiger partial charge in [0, 0.05) is 65.8 Å². The smallest absolute Gasteiger partial charge is 0.252 e. The molecule has 1 saturated heterocycles. The van der Waals surface area contributed by atoms with Crippen molar-refractivity contribution in [2.24, 2.45) is 47.2 Å². The molecule has 3 rings (SSSR count). The van der Waals surface area contributed by atoms with E-state index in [0.29, 0.717) is 11.0 Å². The van der Waals surface area contributed by atoms with Crippen molar-refractivity contribution in [3.05, 3.63) is 29.6 Å². The molecule has 1 aromatic carbocycles. The Hall–Kier alpha value is -8.07. The van der Waals surface area contributed by atoms with E-state index in [1.807, 2.05) is 55.4 Å². The molecular weight excluding hydrogens is 1390 g/mol. The van der Waals surface area contributed by atoms with Crippen molar-refractivity contribution in [2.45, 2.75) is 228 Å². The van der Waals surface area contributed by atoms with Gasteiger partial charge in [-0.05, 0) is 106 Å². The fraction of sp³-hybridized carbons (Fsp3) is 0.708. The first-order valence-corrected chi connectivity index (χ1v) is 37.4. The van der Waals surface area contributed by atoms with Crippen molar-refractivity contribution in [1.29, 1.82) is 0 Å². The third-order valence-electron chi connectivity index (χ3n) is 18.9. The summed E-state index contributed by atoms with van der Waals surface area (Å²) in [7, 11) is 8.31. The number of nitrogens with zero attached hydrogens (tertiary/aromatic N) is 7. The zero-order valence-electron chi connectivity index (χ0n) is 65.4. The zero-order valence-corrected chi connectivity index (χ0v) is 67.2. The summed E-state index contributed by atoms with van der Waals surface area (Å²) in [5.74, 6) is -13.5. The number of amides is 14. The summed E-state index contributed by atoms with van der Waals surface area (Å²) in [6.45, 7) is 26.8. The van der Waals surface area contributed by atoms with Crippen LogP contribution in [0.5, 0.6) is 0 Å². The van der Waals surface area contributed by atoms with Crippen LogP contribution in [-0.2, 0) is 68.7 Å². The molecule has 2 heterocycles. The van der Waals surface area contributed by atoms with Crippen LogP contribution in [0.15, 0.2) is 18.2 Å². The number of imidazole rings is 1. The first kappa shape index (κ1) is 91.1. The molecule has 1 aliphatic rings. The van der Waals surface area contributed by atoms with Gasteiger partial charge in [-0.2, -0.15) is 25.3 Å². The molecule has 2 aromatic rings. The lowest BCUT2D eigenvalue weighted by atomic mass is 9.92. The summed E-state index contributed by atoms with van der Waals surface area (Å²) in [6, 6.07) is -11.1. The number of carbonyl (C=O) groups is 14. The van der Waals surface area contributed by atoms with Gasteiger partial charge in [0.2, 0.25) is 76.8 Å². The Morgan fingerprint density at radius 2 is 1.03 bits per heavy atom. The lowest BCUT2D eigenvalue weighted by Gasteiger charge is -2.40. The van der Waals surface area contributed by atoms with E-state index < -0.39 is 186 Å². The summed E-state index contributed by atoms with van der Waals surface area (Å²) in [4.78, 5) is 215. The van der Waals surface area contributed by atoms with Crippen molar-refractivity contribution in [3.63, 3.8) is 0 Å². The van der Waals surface area contributed by atoms with Crippen molar-refractivity contribution in [2.75, 3.05) is 60.3 Å². The summed E-state index contributed by atoms with van der Waals surface area (Å²) in [5.41, 5.74) is 6.19. The van der Waals surface area contributed by atoms with Gasteiger partial charge in [-0.3, -0.25) is 67.1 Å². The molecule has 33 heteroatoms. The topological polar surface area (TPSA) is 418 Å². The summed E-state index contributed by atoms with van der Waals surface area (Å²) in [6.07, 6.45) is -1.58. The average Bonchev–Trinajstić information content (AvgIpc) is 1.70. The number of fused-ring (bicyclic) bond motifs is 1. The molecule has 0 saturated carbocycles. The summed E-state index contributed by atoms with van der Waals surface area (Å²) >= 11 is 8.27. The number of hydrogen-bond donors (Lipinski definition) is 12. The molecule has 105 heavy (non-hydrogen) atoms. The second kappa shape index (κ2) is 41.2. The Morgan fingerprint density at radius 1 is 0.552 bits per heavy atom.